The molecule has 3 nitrogen and oxygen atoms in total. The highest BCUT2D eigenvalue weighted by Gasteiger charge is 2.16. The fourth-order valence-electron chi connectivity index (χ4n) is 2.07. The minimum absolute atomic E-state index is 0.242. The van der Waals surface area contributed by atoms with Gasteiger partial charge in [0.15, 0.2) is 0 Å². The second-order valence-corrected chi connectivity index (χ2v) is 3.71. The zero-order valence-electron chi connectivity index (χ0n) is 8.10. The molecule has 1 aliphatic rings. The molecule has 1 aromatic carbocycles. The van der Waals surface area contributed by atoms with E-state index in [9.17, 15) is 5.11 Å². The van der Waals surface area contributed by atoms with Gasteiger partial charge in [-0.25, -0.2) is 0 Å². The van der Waals surface area contributed by atoms with Crippen molar-refractivity contribution in [1.82, 2.24) is 10.2 Å². The van der Waals surface area contributed by atoms with Gasteiger partial charge in [-0.15, -0.1) is 0 Å². The highest BCUT2D eigenvalue weighted by Crippen LogP contribution is 2.31. The fourth-order valence-corrected chi connectivity index (χ4v) is 2.07. The molecule has 0 unspecified atom stereocenters. The highest BCUT2D eigenvalue weighted by molar-refractivity contribution is 5.69. The smallest absolute Gasteiger partial charge is 0.0963 e. The summed E-state index contributed by atoms with van der Waals surface area (Å²) in [6.07, 6.45) is 1.87. The largest absolute Gasteiger partial charge is 0.857 e. The number of benzene rings is 1. The van der Waals surface area contributed by atoms with Gasteiger partial charge in [-0.05, 0) is 30.0 Å². The van der Waals surface area contributed by atoms with Crippen molar-refractivity contribution >= 4 is 0 Å². The van der Waals surface area contributed by atoms with E-state index >= 15 is 0 Å². The molecule has 74 valence electrons. The first kappa shape index (κ1) is 8.41. The summed E-state index contributed by atoms with van der Waals surface area (Å²) >= 11 is 0. The Morgan fingerprint density at radius 3 is 2.73 bits per heavy atom. The molecule has 0 saturated carbocycles. The molecular weight excluding hydrogens is 188 g/mol. The number of hydrogen-bond donors (Lipinski definition) is 0. The lowest BCUT2D eigenvalue weighted by atomic mass is 9.90. The Bertz CT molecular complexity index is 523. The molecule has 0 bridgehead atoms. The molecule has 1 aliphatic carbocycles. The maximum Gasteiger partial charge on any atom is 0.0963 e. The summed E-state index contributed by atoms with van der Waals surface area (Å²) in [7, 11) is 0. The van der Waals surface area contributed by atoms with Gasteiger partial charge < -0.3 is 5.11 Å². The van der Waals surface area contributed by atoms with E-state index in [0.717, 1.165) is 29.7 Å². The second kappa shape index (κ2) is 3.05. The van der Waals surface area contributed by atoms with E-state index < -0.39 is 0 Å². The molecule has 0 atom stereocenters. The number of rotatable bonds is 0. The molecule has 15 heavy (non-hydrogen) atoms. The molecule has 0 saturated heterocycles. The van der Waals surface area contributed by atoms with Gasteiger partial charge in [0.05, 0.1) is 5.69 Å². The van der Waals surface area contributed by atoms with Crippen molar-refractivity contribution in [3.63, 3.8) is 0 Å². The van der Waals surface area contributed by atoms with Crippen molar-refractivity contribution in [2.45, 2.75) is 12.8 Å². The minimum atomic E-state index is -0.242. The number of aryl methyl sites for hydroxylation is 2. The predicted octanol–water partition coefficient (Wildman–Crippen LogP) is 1.32. The van der Waals surface area contributed by atoms with E-state index in [1.54, 1.807) is 6.07 Å². The number of fused-ring (bicyclic) bond motifs is 3. The van der Waals surface area contributed by atoms with Crippen molar-refractivity contribution in [3.05, 3.63) is 41.5 Å². The van der Waals surface area contributed by atoms with Crippen molar-refractivity contribution < 1.29 is 5.11 Å². The highest BCUT2D eigenvalue weighted by atomic mass is 16.3. The second-order valence-electron chi connectivity index (χ2n) is 3.71. The fraction of sp³-hybridized carbons (Fsp3) is 0.167. The standard InChI is InChI=1S/C12H10N2O/c15-11-7-9-6-5-8-3-1-2-4-10(8)12(9)14-13-11/h1-4,7H,5-6H2,(H,13,15)/p-1. The molecule has 3 rings (SSSR count). The molecule has 1 aromatic heterocycles. The van der Waals surface area contributed by atoms with Gasteiger partial charge in [0.25, 0.3) is 0 Å². The van der Waals surface area contributed by atoms with Crippen LogP contribution in [0.5, 0.6) is 5.88 Å². The van der Waals surface area contributed by atoms with E-state index in [-0.39, 0.29) is 5.88 Å². The SMILES string of the molecule is [O-]c1cc2c(nn1)-c1ccccc1CC2. The van der Waals surface area contributed by atoms with Crippen LogP contribution >= 0.6 is 0 Å². The normalized spacial score (nSPS) is 13.1. The van der Waals surface area contributed by atoms with E-state index in [0.29, 0.717) is 0 Å². The van der Waals surface area contributed by atoms with Gasteiger partial charge in [0, 0.05) is 11.4 Å². The first-order valence-electron chi connectivity index (χ1n) is 4.96. The summed E-state index contributed by atoms with van der Waals surface area (Å²) in [6, 6.07) is 9.75. The number of hydrogen-bond acceptors (Lipinski definition) is 3. The van der Waals surface area contributed by atoms with Crippen molar-refractivity contribution in [2.24, 2.45) is 0 Å². The van der Waals surface area contributed by atoms with E-state index in [4.69, 9.17) is 0 Å². The topological polar surface area (TPSA) is 48.8 Å². The Kier molecular flexibility index (Phi) is 1.71. The van der Waals surface area contributed by atoms with E-state index in [1.807, 2.05) is 18.2 Å². The van der Waals surface area contributed by atoms with Crippen LogP contribution in [0.3, 0.4) is 0 Å². The third-order valence-corrected chi connectivity index (χ3v) is 2.79. The Labute approximate surface area is 87.4 Å². The maximum absolute atomic E-state index is 11.1. The van der Waals surface area contributed by atoms with Crippen molar-refractivity contribution in [1.29, 1.82) is 0 Å². The summed E-state index contributed by atoms with van der Waals surface area (Å²) < 4.78 is 0. The van der Waals surface area contributed by atoms with Crippen LogP contribution in [0, 0.1) is 0 Å². The molecule has 2 aromatic rings. The summed E-state index contributed by atoms with van der Waals surface area (Å²) in [5.41, 5.74) is 4.30. The summed E-state index contributed by atoms with van der Waals surface area (Å²) in [4.78, 5) is 0. The van der Waals surface area contributed by atoms with Gasteiger partial charge in [0.2, 0.25) is 0 Å². The maximum atomic E-state index is 11.1. The van der Waals surface area contributed by atoms with Crippen LogP contribution in [0.2, 0.25) is 0 Å². The first-order valence-corrected chi connectivity index (χ1v) is 4.96. The van der Waals surface area contributed by atoms with Gasteiger partial charge in [0.1, 0.15) is 0 Å². The van der Waals surface area contributed by atoms with Gasteiger partial charge in [-0.2, -0.15) is 10.2 Å². The monoisotopic (exact) mass is 197 g/mol. The van der Waals surface area contributed by atoms with E-state index in [1.165, 1.54) is 5.56 Å². The Morgan fingerprint density at radius 2 is 1.80 bits per heavy atom. The predicted molar refractivity (Wildman–Crippen MR) is 54.3 cm³/mol. The first-order chi connectivity index (χ1) is 7.34. The molecule has 0 spiro atoms. The molecule has 0 fully saturated rings. The van der Waals surface area contributed by atoms with Crippen LogP contribution < -0.4 is 5.11 Å². The zero-order chi connectivity index (χ0) is 10.3. The van der Waals surface area contributed by atoms with Crippen LogP contribution in [-0.4, -0.2) is 10.2 Å². The zero-order valence-corrected chi connectivity index (χ0v) is 8.10. The van der Waals surface area contributed by atoms with Gasteiger partial charge in [-0.1, -0.05) is 24.3 Å². The average molecular weight is 197 g/mol. The molecule has 1 heterocycles. The van der Waals surface area contributed by atoms with Crippen LogP contribution in [0.1, 0.15) is 11.1 Å². The van der Waals surface area contributed by atoms with Crippen molar-refractivity contribution in [2.75, 3.05) is 0 Å². The van der Waals surface area contributed by atoms with Crippen LogP contribution in [0.4, 0.5) is 0 Å². The van der Waals surface area contributed by atoms with Gasteiger partial charge >= 0.3 is 0 Å². The summed E-state index contributed by atoms with van der Waals surface area (Å²) in [5.74, 6) is -0.242. The number of aromatic nitrogens is 2. The van der Waals surface area contributed by atoms with Gasteiger partial charge in [-0.3, -0.25) is 0 Å². The van der Waals surface area contributed by atoms with Crippen LogP contribution in [-0.2, 0) is 12.8 Å². The minimum Gasteiger partial charge on any atom is -0.857 e. The molecule has 0 N–H and O–H groups in total. The summed E-state index contributed by atoms with van der Waals surface area (Å²) in [5, 5.41) is 18.7. The third kappa shape index (κ3) is 1.28. The van der Waals surface area contributed by atoms with Crippen LogP contribution in [0.15, 0.2) is 30.3 Å². The molecule has 0 amide bonds. The molecule has 3 heteroatoms. The lowest BCUT2D eigenvalue weighted by Gasteiger charge is -2.19. The quantitative estimate of drug-likeness (QED) is 0.639. The lowest BCUT2D eigenvalue weighted by Crippen LogP contribution is -2.08. The Morgan fingerprint density at radius 1 is 1.00 bits per heavy atom. The molecule has 0 radical (unpaired) electrons. The van der Waals surface area contributed by atoms with Crippen molar-refractivity contribution in [3.8, 4) is 17.1 Å². The Hall–Kier alpha value is -1.90. The lowest BCUT2D eigenvalue weighted by molar-refractivity contribution is -0.276. The van der Waals surface area contributed by atoms with Crippen LogP contribution in [0.25, 0.3) is 11.3 Å². The number of nitrogens with zero attached hydrogens (tertiary/aromatic N) is 2. The molecule has 0 aliphatic heterocycles. The summed E-state index contributed by atoms with van der Waals surface area (Å²) in [6.45, 7) is 0. The third-order valence-electron chi connectivity index (χ3n) is 2.79. The molecular formula is C12H9N2O-. The van der Waals surface area contributed by atoms with E-state index in [2.05, 4.69) is 16.3 Å². The average Bonchev–Trinajstić information content (AvgIpc) is 2.28. The Balaban J connectivity index is 2.26.